The first-order chi connectivity index (χ1) is 33.9. The second kappa shape index (κ2) is 20.8. The van der Waals surface area contributed by atoms with Crippen LogP contribution in [0.4, 0.5) is 26.3 Å². The Morgan fingerprint density at radius 2 is 0.557 bits per heavy atom. The molecule has 0 aliphatic heterocycles. The zero-order valence-corrected chi connectivity index (χ0v) is 37.7. The lowest BCUT2D eigenvalue weighted by Gasteiger charge is -2.16. The third-order valence-electron chi connectivity index (χ3n) is 12.0. The van der Waals surface area contributed by atoms with E-state index in [-0.39, 0.29) is 0 Å². The van der Waals surface area contributed by atoms with E-state index in [1.165, 1.54) is 24.3 Å². The highest BCUT2D eigenvalue weighted by molar-refractivity contribution is 5.94. The van der Waals surface area contributed by atoms with Gasteiger partial charge in [-0.3, -0.25) is 0 Å². The summed E-state index contributed by atoms with van der Waals surface area (Å²) in [7, 11) is 0. The van der Waals surface area contributed by atoms with Crippen LogP contribution in [0, 0.1) is 0 Å². The molecule has 0 fully saturated rings. The molecule has 0 unspecified atom stereocenters. The van der Waals surface area contributed by atoms with Gasteiger partial charge in [-0.2, -0.15) is 26.3 Å². The van der Waals surface area contributed by atoms with Gasteiger partial charge in [-0.1, -0.05) is 218 Å². The molecule has 70 heavy (non-hydrogen) atoms. The Balaban J connectivity index is 1.10. The fraction of sp³-hybridized carbons (Fsp3) is 0.0312. The van der Waals surface area contributed by atoms with E-state index in [0.29, 0.717) is 33.4 Å². The van der Waals surface area contributed by atoms with Gasteiger partial charge in [-0.05, 0) is 138 Å². The molecule has 0 aromatic heterocycles. The summed E-state index contributed by atoms with van der Waals surface area (Å²) in [6.07, 6.45) is 2.87. The van der Waals surface area contributed by atoms with Crippen LogP contribution in [0.25, 0.3) is 69.9 Å². The highest BCUT2D eigenvalue weighted by Gasteiger charge is 2.31. The first-order valence-corrected chi connectivity index (χ1v) is 22.7. The highest BCUT2D eigenvalue weighted by atomic mass is 19.4. The first kappa shape index (κ1) is 46.6. The Bertz CT molecular complexity index is 2980. The van der Waals surface area contributed by atoms with Gasteiger partial charge in [-0.25, -0.2) is 0 Å². The molecule has 0 aliphatic carbocycles. The van der Waals surface area contributed by atoms with Crippen LogP contribution in [0.3, 0.4) is 0 Å². The maximum atomic E-state index is 13.8. The van der Waals surface area contributed by atoms with Gasteiger partial charge in [0, 0.05) is 0 Å². The second-order valence-electron chi connectivity index (χ2n) is 16.8. The summed E-state index contributed by atoms with van der Waals surface area (Å²) < 4.78 is 82.8. The minimum Gasteiger partial charge on any atom is -0.166 e. The van der Waals surface area contributed by atoms with Gasteiger partial charge in [-0.15, -0.1) is 0 Å². The van der Waals surface area contributed by atoms with Gasteiger partial charge in [0.15, 0.2) is 0 Å². The first-order valence-electron chi connectivity index (χ1n) is 22.7. The molecule has 9 aromatic carbocycles. The van der Waals surface area contributed by atoms with Crippen molar-refractivity contribution in [1.82, 2.24) is 0 Å². The highest BCUT2D eigenvalue weighted by Crippen LogP contribution is 2.39. The van der Waals surface area contributed by atoms with Crippen molar-refractivity contribution in [3.63, 3.8) is 0 Å². The third-order valence-corrected chi connectivity index (χ3v) is 12.0. The van der Waals surface area contributed by atoms with Gasteiger partial charge >= 0.3 is 12.4 Å². The van der Waals surface area contributed by atoms with E-state index in [2.05, 4.69) is 60.7 Å². The number of rotatable bonds is 12. The zero-order chi connectivity index (χ0) is 48.5. The van der Waals surface area contributed by atoms with Crippen molar-refractivity contribution in [3.05, 3.63) is 297 Å². The number of hydrogen-bond donors (Lipinski definition) is 0. The van der Waals surface area contributed by atoms with Gasteiger partial charge in [0.1, 0.15) is 0 Å². The van der Waals surface area contributed by atoms with E-state index < -0.39 is 23.5 Å². The number of benzene rings is 9. The average molecular weight is 927 g/mol. The maximum Gasteiger partial charge on any atom is 0.416 e. The lowest BCUT2D eigenvalue weighted by Crippen LogP contribution is -2.04. The largest absolute Gasteiger partial charge is 0.416 e. The molecule has 0 radical (unpaired) electrons. The van der Waals surface area contributed by atoms with Crippen LogP contribution in [-0.2, 0) is 12.4 Å². The summed E-state index contributed by atoms with van der Waals surface area (Å²) in [6.45, 7) is 0. The van der Waals surface area contributed by atoms with Crippen molar-refractivity contribution in [2.45, 2.75) is 12.4 Å². The molecule has 0 saturated heterocycles. The summed E-state index contributed by atoms with van der Waals surface area (Å²) in [5.74, 6) is 0. The Morgan fingerprint density at radius 1 is 0.286 bits per heavy atom. The molecule has 6 heteroatoms. The normalized spacial score (nSPS) is 11.7. The lowest BCUT2D eigenvalue weighted by atomic mass is 9.89. The van der Waals surface area contributed by atoms with Crippen LogP contribution in [0.1, 0.15) is 66.8 Å². The van der Waals surface area contributed by atoms with Crippen molar-refractivity contribution < 1.29 is 26.3 Å². The molecule has 0 amide bonds. The predicted octanol–water partition coefficient (Wildman–Crippen LogP) is 18.6. The van der Waals surface area contributed by atoms with Crippen LogP contribution >= 0.6 is 0 Å². The quantitative estimate of drug-likeness (QED) is 0.0846. The summed E-state index contributed by atoms with van der Waals surface area (Å²) >= 11 is 0. The minimum atomic E-state index is -4.53. The SMILES string of the molecule is FC(F)(F)c1ccc(-c2cc(C=Cc3ccc(C=C(c4ccccc4)c4ccccc4)cc3)c(-c3ccc(C(F)(F)F)cc3)cc2C=Cc2ccc(C=C(c3ccccc3)c3ccccc3)cc2)cc1. The number of halogens is 6. The van der Waals surface area contributed by atoms with Crippen LogP contribution in [0.5, 0.6) is 0 Å². The van der Waals surface area contributed by atoms with Crippen LogP contribution in [-0.4, -0.2) is 0 Å². The Hall–Kier alpha value is -8.48. The van der Waals surface area contributed by atoms with Gasteiger partial charge in [0.25, 0.3) is 0 Å². The molecule has 0 aliphatic rings. The third kappa shape index (κ3) is 11.4. The summed E-state index contributed by atoms with van der Waals surface area (Å²) in [6, 6.07) is 70.5. The Labute approximate surface area is 404 Å². The second-order valence-corrected chi connectivity index (χ2v) is 16.8. The lowest BCUT2D eigenvalue weighted by molar-refractivity contribution is -0.138. The van der Waals surface area contributed by atoms with Crippen LogP contribution in [0.2, 0.25) is 0 Å². The Kier molecular flexibility index (Phi) is 13.9. The number of hydrogen-bond acceptors (Lipinski definition) is 0. The van der Waals surface area contributed by atoms with Crippen LogP contribution in [0.15, 0.2) is 231 Å². The Morgan fingerprint density at radius 3 is 0.829 bits per heavy atom. The van der Waals surface area contributed by atoms with Gasteiger partial charge in [0.2, 0.25) is 0 Å². The molecule has 0 atom stereocenters. The molecule has 9 aromatic rings. The van der Waals surface area contributed by atoms with E-state index >= 15 is 0 Å². The summed E-state index contributed by atoms with van der Waals surface area (Å²) in [5, 5.41) is 0. The maximum absolute atomic E-state index is 13.8. The van der Waals surface area contributed by atoms with E-state index in [0.717, 1.165) is 79.9 Å². The molecule has 0 heterocycles. The molecule has 0 nitrogen and oxygen atoms in total. The smallest absolute Gasteiger partial charge is 0.166 e. The fourth-order valence-electron chi connectivity index (χ4n) is 8.34. The topological polar surface area (TPSA) is 0 Å². The minimum absolute atomic E-state index is 0.542. The number of alkyl halides is 6. The van der Waals surface area contributed by atoms with E-state index in [1.807, 2.05) is 158 Å². The van der Waals surface area contributed by atoms with Gasteiger partial charge in [0.05, 0.1) is 11.1 Å². The standard InChI is InChI=1S/C64H44F6/c65-63(66,67)57-37-33-53(34-38-57)61-44-56(32-30-46-23-27-48(28-24-46)42-60(51-17-9-3-10-18-51)52-19-11-4-12-20-52)62(54-35-39-58(40-36-54)64(68,69)70)43-55(61)31-29-45-21-25-47(26-22-45)41-59(49-13-5-1-6-14-49)50-15-7-2-8-16-50/h1-44H. The molecule has 0 spiro atoms. The van der Waals surface area contributed by atoms with Crippen molar-refractivity contribution in [2.75, 3.05) is 0 Å². The van der Waals surface area contributed by atoms with Crippen molar-refractivity contribution >= 4 is 47.6 Å². The van der Waals surface area contributed by atoms with E-state index in [9.17, 15) is 26.3 Å². The molecular weight excluding hydrogens is 883 g/mol. The fourth-order valence-corrected chi connectivity index (χ4v) is 8.34. The van der Waals surface area contributed by atoms with Gasteiger partial charge < -0.3 is 0 Å². The molecule has 0 N–H and O–H groups in total. The predicted molar refractivity (Wildman–Crippen MR) is 278 cm³/mol. The van der Waals surface area contributed by atoms with Crippen molar-refractivity contribution in [3.8, 4) is 22.3 Å². The average Bonchev–Trinajstić information content (AvgIpc) is 3.39. The van der Waals surface area contributed by atoms with E-state index in [1.54, 1.807) is 0 Å². The molecule has 9 rings (SSSR count). The molecule has 0 bridgehead atoms. The summed E-state index contributed by atoms with van der Waals surface area (Å²) in [5.41, 5.74) is 12.3. The van der Waals surface area contributed by atoms with Crippen molar-refractivity contribution in [1.29, 1.82) is 0 Å². The molecular formula is C64H44F6. The van der Waals surface area contributed by atoms with E-state index in [4.69, 9.17) is 0 Å². The monoisotopic (exact) mass is 926 g/mol. The summed E-state index contributed by atoms with van der Waals surface area (Å²) in [4.78, 5) is 0. The van der Waals surface area contributed by atoms with Crippen molar-refractivity contribution in [2.24, 2.45) is 0 Å². The zero-order valence-electron chi connectivity index (χ0n) is 37.7. The molecule has 0 saturated carbocycles. The van der Waals surface area contributed by atoms with Crippen LogP contribution < -0.4 is 0 Å². The molecule has 342 valence electrons.